The van der Waals surface area contributed by atoms with Gasteiger partial charge in [0, 0.05) is 83.8 Å². The fourth-order valence-corrected chi connectivity index (χ4v) is 5.63. The van der Waals surface area contributed by atoms with Gasteiger partial charge in [-0.1, -0.05) is 13.3 Å². The highest BCUT2D eigenvalue weighted by molar-refractivity contribution is 7.80. The van der Waals surface area contributed by atoms with Gasteiger partial charge in [0.2, 0.25) is 35.4 Å². The third kappa shape index (κ3) is 23.6. The minimum absolute atomic E-state index is 0.0328. The highest BCUT2D eigenvalue weighted by Gasteiger charge is 2.26. The number of hydrogen-bond donors (Lipinski definition) is 8. The molecule has 0 bridgehead atoms. The van der Waals surface area contributed by atoms with Crippen LogP contribution < -0.4 is 10.6 Å². The molecule has 0 fully saturated rings. The van der Waals surface area contributed by atoms with Gasteiger partial charge in [-0.05, 0) is 55.9 Å². The van der Waals surface area contributed by atoms with Crippen LogP contribution in [0.15, 0.2) is 0 Å². The molecular weight excluding hydrogens is 699 g/mol. The summed E-state index contributed by atoms with van der Waals surface area (Å²) < 4.78 is 0. The second-order valence-electron chi connectivity index (χ2n) is 11.4. The summed E-state index contributed by atoms with van der Waals surface area (Å²) in [5.74, 6) is -0.337. The lowest BCUT2D eigenvalue weighted by atomic mass is 10.2. The predicted molar refractivity (Wildman–Crippen MR) is 196 cm³/mol. The summed E-state index contributed by atoms with van der Waals surface area (Å²) in [4.78, 5) is 108. The van der Waals surface area contributed by atoms with E-state index in [4.69, 9.17) is 0 Å². The molecule has 278 valence electrons. The van der Waals surface area contributed by atoms with Crippen LogP contribution in [0, 0.1) is 0 Å². The number of thiol groups is 3. The Kier molecular flexibility index (Phi) is 27.1. The third-order valence-electron chi connectivity index (χ3n) is 7.21. The first-order chi connectivity index (χ1) is 22.8. The zero-order valence-electron chi connectivity index (χ0n) is 28.2. The Bertz CT molecular complexity index is 886. The van der Waals surface area contributed by atoms with Crippen LogP contribution in [-0.2, 0) is 28.8 Å². The predicted octanol–water partition coefficient (Wildman–Crippen LogP) is 0.638. The number of carbonyl (C=O) groups is 6. The molecule has 6 amide bonds. The van der Waals surface area contributed by atoms with Crippen molar-refractivity contribution in [2.24, 2.45) is 0 Å². The summed E-state index contributed by atoms with van der Waals surface area (Å²) in [5, 5.41) is 5.45. The van der Waals surface area contributed by atoms with E-state index in [0.29, 0.717) is 42.9 Å². The highest BCUT2D eigenvalue weighted by Crippen LogP contribution is 2.08. The monoisotopic (exact) mass is 755 g/mol. The molecule has 0 spiro atoms. The van der Waals surface area contributed by atoms with Crippen molar-refractivity contribution in [2.75, 3.05) is 63.1 Å². The lowest BCUT2D eigenvalue weighted by Crippen LogP contribution is -2.43. The summed E-state index contributed by atoms with van der Waals surface area (Å²) in [6, 6.07) is -0.205. The standard InChI is InChI=1S/C30H57N5O9S3Si/c1-2-3-8-27(38)34(28(39)9-4-21-45)19-14-31-25(36)12-17-33(16-7-24-48(42,43)44)18-13-26(37)32-15-20-35(29(40)10-5-22-46)30(41)11-6-23-47/h42-47H,2-24H2,1H3,(H,31,36)(H,32,37). The van der Waals surface area contributed by atoms with Gasteiger partial charge in [0.25, 0.3) is 0 Å². The van der Waals surface area contributed by atoms with Crippen LogP contribution in [0.3, 0.4) is 0 Å². The Morgan fingerprint density at radius 2 is 0.917 bits per heavy atom. The van der Waals surface area contributed by atoms with Crippen molar-refractivity contribution >= 4 is 82.1 Å². The molecule has 0 aliphatic carbocycles. The first-order valence-corrected chi connectivity index (χ1v) is 20.7. The molecule has 0 saturated heterocycles. The molecule has 0 heterocycles. The number of nitrogens with zero attached hydrogens (tertiary/aromatic N) is 3. The van der Waals surface area contributed by atoms with E-state index in [1.807, 2.05) is 6.92 Å². The summed E-state index contributed by atoms with van der Waals surface area (Å²) in [5.41, 5.74) is 0. The second-order valence-corrected chi connectivity index (χ2v) is 14.8. The topological polar surface area (TPSA) is 197 Å². The highest BCUT2D eigenvalue weighted by atomic mass is 32.1. The molecule has 0 radical (unpaired) electrons. The van der Waals surface area contributed by atoms with Crippen molar-refractivity contribution in [1.82, 2.24) is 25.3 Å². The Hall–Kier alpha value is -1.67. The van der Waals surface area contributed by atoms with Gasteiger partial charge in [-0.3, -0.25) is 38.6 Å². The van der Waals surface area contributed by atoms with Crippen molar-refractivity contribution in [1.29, 1.82) is 0 Å². The maximum atomic E-state index is 12.6. The van der Waals surface area contributed by atoms with Crippen LogP contribution in [0.2, 0.25) is 6.04 Å². The molecule has 0 aromatic rings. The van der Waals surface area contributed by atoms with E-state index in [0.717, 1.165) is 11.3 Å². The molecule has 0 aromatic heterocycles. The number of unbranched alkanes of at least 4 members (excludes halogenated alkanes) is 1. The van der Waals surface area contributed by atoms with Crippen LogP contribution in [-0.4, -0.2) is 136 Å². The quantitative estimate of drug-likeness (QED) is 0.0415. The van der Waals surface area contributed by atoms with Crippen LogP contribution in [0.4, 0.5) is 0 Å². The fraction of sp³-hybridized carbons (Fsp3) is 0.800. The summed E-state index contributed by atoms with van der Waals surface area (Å²) in [7, 11) is -4.26. The van der Waals surface area contributed by atoms with Gasteiger partial charge in [0.1, 0.15) is 0 Å². The number of amides is 6. The SMILES string of the molecule is CCCCC(=O)N(CCNC(=O)CCN(CCC[Si](O)(O)O)CCC(=O)NCCN(C(=O)CCCS)C(=O)CCCS)C(=O)CCCS. The molecule has 0 aliphatic rings. The number of nitrogens with one attached hydrogen (secondary N) is 2. The third-order valence-corrected chi connectivity index (χ3v) is 9.18. The van der Waals surface area contributed by atoms with E-state index in [2.05, 4.69) is 48.5 Å². The van der Waals surface area contributed by atoms with Gasteiger partial charge < -0.3 is 29.9 Å². The van der Waals surface area contributed by atoms with Gasteiger partial charge in [0.15, 0.2) is 0 Å². The van der Waals surface area contributed by atoms with E-state index >= 15 is 0 Å². The number of rotatable bonds is 28. The zero-order chi connectivity index (χ0) is 36.4. The maximum absolute atomic E-state index is 12.6. The fourth-order valence-electron chi connectivity index (χ4n) is 4.52. The van der Waals surface area contributed by atoms with Crippen molar-refractivity contribution in [3.05, 3.63) is 0 Å². The average Bonchev–Trinajstić information content (AvgIpc) is 3.04. The summed E-state index contributed by atoms with van der Waals surface area (Å²) >= 11 is 12.4. The van der Waals surface area contributed by atoms with Gasteiger partial charge in [-0.25, -0.2) is 0 Å². The van der Waals surface area contributed by atoms with E-state index in [9.17, 15) is 43.2 Å². The van der Waals surface area contributed by atoms with Crippen molar-refractivity contribution in [3.63, 3.8) is 0 Å². The minimum Gasteiger partial charge on any atom is -0.390 e. The lowest BCUT2D eigenvalue weighted by molar-refractivity contribution is -0.146. The molecule has 18 heteroatoms. The van der Waals surface area contributed by atoms with Gasteiger partial charge in [-0.15, -0.1) is 0 Å². The minimum atomic E-state index is -4.26. The van der Waals surface area contributed by atoms with Gasteiger partial charge in [-0.2, -0.15) is 37.9 Å². The van der Waals surface area contributed by atoms with Gasteiger partial charge in [0.05, 0.1) is 0 Å². The number of carbonyl (C=O) groups excluding carboxylic acids is 6. The van der Waals surface area contributed by atoms with Crippen LogP contribution in [0.5, 0.6) is 0 Å². The van der Waals surface area contributed by atoms with Crippen molar-refractivity contribution < 1.29 is 43.2 Å². The summed E-state index contributed by atoms with van der Waals surface area (Å²) in [6.07, 6.45) is 4.15. The van der Waals surface area contributed by atoms with Crippen molar-refractivity contribution in [3.8, 4) is 0 Å². The van der Waals surface area contributed by atoms with E-state index < -0.39 is 8.80 Å². The molecule has 0 unspecified atom stereocenters. The first kappa shape index (κ1) is 46.3. The van der Waals surface area contributed by atoms with Crippen molar-refractivity contribution in [2.45, 2.75) is 90.0 Å². The largest absolute Gasteiger partial charge is 0.492 e. The Labute approximate surface area is 302 Å². The Morgan fingerprint density at radius 3 is 1.25 bits per heavy atom. The molecule has 14 nitrogen and oxygen atoms in total. The first-order valence-electron chi connectivity index (χ1n) is 16.7. The van der Waals surface area contributed by atoms with E-state index in [-0.39, 0.29) is 132 Å². The van der Waals surface area contributed by atoms with Gasteiger partial charge >= 0.3 is 8.80 Å². The summed E-state index contributed by atoms with van der Waals surface area (Å²) in [6.45, 7) is 2.93. The zero-order valence-corrected chi connectivity index (χ0v) is 31.9. The lowest BCUT2D eigenvalue weighted by Gasteiger charge is -2.24. The number of hydrogen-bond acceptors (Lipinski definition) is 13. The molecular formula is C30H57N5O9S3Si. The molecule has 5 N–H and O–H groups in total. The van der Waals surface area contributed by atoms with E-state index in [1.165, 1.54) is 4.90 Å². The molecule has 0 saturated carbocycles. The van der Waals surface area contributed by atoms with Crippen LogP contribution >= 0.6 is 37.9 Å². The molecule has 0 aliphatic heterocycles. The van der Waals surface area contributed by atoms with E-state index in [1.54, 1.807) is 4.90 Å². The Morgan fingerprint density at radius 1 is 0.542 bits per heavy atom. The second kappa shape index (κ2) is 28.1. The average molecular weight is 756 g/mol. The maximum Gasteiger partial charge on any atom is 0.492 e. The Balaban J connectivity index is 5.05. The van der Waals surface area contributed by atoms with Crippen LogP contribution in [0.25, 0.3) is 0 Å². The molecule has 0 aromatic carbocycles. The van der Waals surface area contributed by atoms with Crippen LogP contribution in [0.1, 0.15) is 84.0 Å². The molecule has 48 heavy (non-hydrogen) atoms. The normalized spacial score (nSPS) is 11.3. The molecule has 0 atom stereocenters. The smallest absolute Gasteiger partial charge is 0.390 e. The molecule has 0 rings (SSSR count). The number of imide groups is 2.